The zero-order chi connectivity index (χ0) is 11.9. The van der Waals surface area contributed by atoms with E-state index in [-0.39, 0.29) is 17.6 Å². The van der Waals surface area contributed by atoms with Crippen LogP contribution in [0.3, 0.4) is 0 Å². The van der Waals surface area contributed by atoms with E-state index in [2.05, 4.69) is 4.74 Å². The highest BCUT2D eigenvalue weighted by Gasteiger charge is 2.51. The molecule has 88 valence electrons. The number of ether oxygens (including phenoxy) is 1. The predicted octanol–water partition coefficient (Wildman–Crippen LogP) is 0.144. The van der Waals surface area contributed by atoms with Crippen LogP contribution in [0.15, 0.2) is 10.6 Å². The lowest BCUT2D eigenvalue weighted by Crippen LogP contribution is -2.49. The van der Waals surface area contributed by atoms with Gasteiger partial charge in [0.15, 0.2) is 10.6 Å². The summed E-state index contributed by atoms with van der Waals surface area (Å²) in [5, 5.41) is 0. The molecule has 0 radical (unpaired) electrons. The molecule has 0 aromatic rings. The minimum absolute atomic E-state index is 0.0205. The lowest BCUT2D eigenvalue weighted by atomic mass is 10.0. The topological polar surface area (TPSA) is 69.7 Å². The Morgan fingerprint density at radius 1 is 1.62 bits per heavy atom. The molecule has 16 heavy (non-hydrogen) atoms. The fourth-order valence-corrected chi connectivity index (χ4v) is 3.21. The van der Waals surface area contributed by atoms with Crippen LogP contribution in [0.25, 0.3) is 0 Å². The molecule has 1 amide bonds. The van der Waals surface area contributed by atoms with Gasteiger partial charge in [-0.3, -0.25) is 9.69 Å². The van der Waals surface area contributed by atoms with E-state index < -0.39 is 17.1 Å². The van der Waals surface area contributed by atoms with Crippen LogP contribution < -0.4 is 0 Å². The molecule has 1 saturated heterocycles. The third kappa shape index (κ3) is 1.53. The van der Waals surface area contributed by atoms with Crippen molar-refractivity contribution in [1.82, 2.24) is 4.90 Å². The van der Waals surface area contributed by atoms with Crippen molar-refractivity contribution < 1.29 is 18.9 Å². The highest BCUT2D eigenvalue weighted by molar-refractivity contribution is 7.95. The van der Waals surface area contributed by atoms with Crippen molar-refractivity contribution in [3.8, 4) is 0 Å². The highest BCUT2D eigenvalue weighted by Crippen LogP contribution is 2.40. The summed E-state index contributed by atoms with van der Waals surface area (Å²) >= 11 is -1.19. The Hall–Kier alpha value is -1.01. The second-order valence-corrected chi connectivity index (χ2v) is 5.48. The Kier molecular flexibility index (Phi) is 2.94. The number of amides is 1. The van der Waals surface area contributed by atoms with Gasteiger partial charge in [-0.05, 0) is 18.1 Å². The molecule has 2 aliphatic heterocycles. The molecule has 0 aliphatic carbocycles. The smallest absolute Gasteiger partial charge is 0.359 e. The van der Waals surface area contributed by atoms with Gasteiger partial charge in [0.25, 0.3) is 0 Å². The normalized spacial score (nSPS) is 25.3. The van der Waals surface area contributed by atoms with Gasteiger partial charge in [-0.25, -0.2) is 4.79 Å². The Labute approximate surface area is 96.6 Å². The van der Waals surface area contributed by atoms with E-state index in [0.29, 0.717) is 23.5 Å². The average Bonchev–Trinajstić information content (AvgIpc) is 2.59. The van der Waals surface area contributed by atoms with E-state index in [1.54, 1.807) is 6.92 Å². The number of esters is 1. The summed E-state index contributed by atoms with van der Waals surface area (Å²) in [4.78, 5) is 24.9. The number of fused-ring (bicyclic) bond motifs is 1. The van der Waals surface area contributed by atoms with E-state index in [9.17, 15) is 14.1 Å². The van der Waals surface area contributed by atoms with E-state index in [1.807, 2.05) is 0 Å². The molecule has 0 bridgehead atoms. The van der Waals surface area contributed by atoms with E-state index >= 15 is 0 Å². The number of β-lactam (4-membered cyclic amide) rings is 1. The van der Waals surface area contributed by atoms with Gasteiger partial charge >= 0.3 is 5.97 Å². The molecule has 2 atom stereocenters. The van der Waals surface area contributed by atoms with Crippen LogP contribution in [0.4, 0.5) is 0 Å². The van der Waals surface area contributed by atoms with Crippen LogP contribution in [0, 0.1) is 0 Å². The number of methoxy groups -OCH3 is 1. The first-order chi connectivity index (χ1) is 7.60. The predicted molar refractivity (Wildman–Crippen MR) is 57.6 cm³/mol. The number of hydrogen-bond donors (Lipinski definition) is 0. The molecule has 2 rings (SSSR count). The summed E-state index contributed by atoms with van der Waals surface area (Å²) in [6, 6.07) is 0.0205. The van der Waals surface area contributed by atoms with Crippen molar-refractivity contribution in [2.45, 2.75) is 25.8 Å². The number of carbonyl (C=O) groups excluding carboxylic acids is 2. The first-order valence-corrected chi connectivity index (χ1v) is 6.44. The van der Waals surface area contributed by atoms with Gasteiger partial charge in [0.2, 0.25) is 5.91 Å². The lowest BCUT2D eigenvalue weighted by molar-refractivity contribution is -0.148. The zero-order valence-electron chi connectivity index (χ0n) is 9.19. The Morgan fingerprint density at radius 3 is 2.81 bits per heavy atom. The SMILES string of the molecule is CC[S+]([O-])C1=C(C(=O)OC)N2C(=O)CC2C1. The quantitative estimate of drug-likeness (QED) is 0.402. The van der Waals surface area contributed by atoms with Gasteiger partial charge < -0.3 is 9.29 Å². The molecule has 0 aromatic heterocycles. The second kappa shape index (κ2) is 4.10. The fourth-order valence-electron chi connectivity index (χ4n) is 2.08. The van der Waals surface area contributed by atoms with Crippen molar-refractivity contribution in [2.24, 2.45) is 0 Å². The molecule has 2 unspecified atom stereocenters. The molecular formula is C10H13NO4S. The fraction of sp³-hybridized carbons (Fsp3) is 0.600. The summed E-state index contributed by atoms with van der Waals surface area (Å²) in [5.74, 6) is -0.203. The largest absolute Gasteiger partial charge is 0.612 e. The van der Waals surface area contributed by atoms with Crippen LogP contribution >= 0.6 is 0 Å². The van der Waals surface area contributed by atoms with E-state index in [4.69, 9.17) is 0 Å². The van der Waals surface area contributed by atoms with Gasteiger partial charge in [0, 0.05) is 12.8 Å². The highest BCUT2D eigenvalue weighted by atomic mass is 32.2. The minimum atomic E-state index is -1.19. The zero-order valence-corrected chi connectivity index (χ0v) is 10.0. The lowest BCUT2D eigenvalue weighted by Gasteiger charge is -2.34. The first-order valence-electron chi connectivity index (χ1n) is 5.12. The van der Waals surface area contributed by atoms with Crippen molar-refractivity contribution in [3.05, 3.63) is 10.6 Å². The molecule has 2 aliphatic rings. The van der Waals surface area contributed by atoms with E-state index in [1.165, 1.54) is 12.0 Å². The monoisotopic (exact) mass is 243 g/mol. The summed E-state index contributed by atoms with van der Waals surface area (Å²) in [5.41, 5.74) is 0.212. The maximum Gasteiger partial charge on any atom is 0.359 e. The van der Waals surface area contributed by atoms with Gasteiger partial charge in [-0.1, -0.05) is 0 Å². The van der Waals surface area contributed by atoms with Gasteiger partial charge in [-0.15, -0.1) is 0 Å². The molecule has 2 heterocycles. The summed E-state index contributed by atoms with van der Waals surface area (Å²) in [7, 11) is 1.26. The molecule has 0 saturated carbocycles. The average molecular weight is 243 g/mol. The summed E-state index contributed by atoms with van der Waals surface area (Å²) in [6.45, 7) is 1.79. The summed E-state index contributed by atoms with van der Waals surface area (Å²) < 4.78 is 16.4. The standard InChI is InChI=1S/C10H13NO4S/c1-3-16(14)7-4-6-5-8(12)11(6)9(7)10(13)15-2/h6H,3-5H2,1-2H3. The Morgan fingerprint density at radius 2 is 2.31 bits per heavy atom. The maximum atomic E-state index is 11.8. The maximum absolute atomic E-state index is 11.8. The Bertz CT molecular complexity index is 379. The number of hydrogen-bond acceptors (Lipinski definition) is 4. The molecule has 6 heteroatoms. The Balaban J connectivity index is 2.34. The molecule has 0 spiro atoms. The second-order valence-electron chi connectivity index (χ2n) is 3.72. The van der Waals surface area contributed by atoms with Crippen LogP contribution in [-0.4, -0.2) is 40.2 Å². The van der Waals surface area contributed by atoms with E-state index in [0.717, 1.165) is 0 Å². The van der Waals surface area contributed by atoms with Gasteiger partial charge in [-0.2, -0.15) is 0 Å². The molecule has 0 N–H and O–H groups in total. The third-order valence-electron chi connectivity index (χ3n) is 2.89. The van der Waals surface area contributed by atoms with Crippen molar-refractivity contribution in [3.63, 3.8) is 0 Å². The third-order valence-corrected chi connectivity index (χ3v) is 4.32. The van der Waals surface area contributed by atoms with Crippen LogP contribution in [0.2, 0.25) is 0 Å². The van der Waals surface area contributed by atoms with Crippen molar-refractivity contribution in [2.75, 3.05) is 12.9 Å². The van der Waals surface area contributed by atoms with Crippen molar-refractivity contribution >= 4 is 23.1 Å². The number of rotatable bonds is 3. The minimum Gasteiger partial charge on any atom is -0.612 e. The van der Waals surface area contributed by atoms with Gasteiger partial charge in [0.05, 0.1) is 13.2 Å². The number of nitrogens with zero attached hydrogens (tertiary/aromatic N) is 1. The molecule has 5 nitrogen and oxygen atoms in total. The summed E-state index contributed by atoms with van der Waals surface area (Å²) in [6.07, 6.45) is 0.974. The van der Waals surface area contributed by atoms with Crippen molar-refractivity contribution in [1.29, 1.82) is 0 Å². The first kappa shape index (κ1) is 11.5. The van der Waals surface area contributed by atoms with Crippen LogP contribution in [0.5, 0.6) is 0 Å². The van der Waals surface area contributed by atoms with Crippen LogP contribution in [0.1, 0.15) is 19.8 Å². The van der Waals surface area contributed by atoms with Gasteiger partial charge in [0.1, 0.15) is 5.75 Å². The van der Waals surface area contributed by atoms with Crippen LogP contribution in [-0.2, 0) is 25.5 Å². The number of carbonyl (C=O) groups is 2. The molecule has 1 fully saturated rings. The molecular weight excluding hydrogens is 230 g/mol. The molecule has 0 aromatic carbocycles.